The summed E-state index contributed by atoms with van der Waals surface area (Å²) in [5.74, 6) is 0.828. The monoisotopic (exact) mass is 286 g/mol. The quantitative estimate of drug-likeness (QED) is 0.829. The molecule has 0 amide bonds. The fraction of sp³-hybridized carbons (Fsp3) is 0.471. The van der Waals surface area contributed by atoms with Crippen LogP contribution in [0.2, 0.25) is 0 Å². The Hall–Kier alpha value is -1.19. The third-order valence-electron chi connectivity index (χ3n) is 3.86. The Morgan fingerprint density at radius 1 is 1.30 bits per heavy atom. The summed E-state index contributed by atoms with van der Waals surface area (Å²) in [7, 11) is 0. The fourth-order valence-electron chi connectivity index (χ4n) is 2.40. The molecule has 1 saturated carbocycles. The van der Waals surface area contributed by atoms with E-state index in [0.29, 0.717) is 6.04 Å². The molecule has 0 saturated heterocycles. The van der Waals surface area contributed by atoms with Crippen LogP contribution >= 0.6 is 11.3 Å². The van der Waals surface area contributed by atoms with E-state index >= 15 is 0 Å². The second kappa shape index (κ2) is 6.06. The van der Waals surface area contributed by atoms with E-state index < -0.39 is 0 Å². The molecule has 3 heteroatoms. The van der Waals surface area contributed by atoms with Gasteiger partial charge in [-0.05, 0) is 44.2 Å². The number of hydrogen-bond acceptors (Lipinski definition) is 3. The van der Waals surface area contributed by atoms with Crippen molar-refractivity contribution in [2.24, 2.45) is 0 Å². The maximum atomic E-state index is 4.58. The zero-order valence-electron chi connectivity index (χ0n) is 12.2. The molecule has 20 heavy (non-hydrogen) atoms. The second-order valence-electron chi connectivity index (χ2n) is 5.64. The maximum absolute atomic E-state index is 4.58. The minimum absolute atomic E-state index is 0.395. The molecule has 0 spiro atoms. The first-order valence-electron chi connectivity index (χ1n) is 7.57. The number of nitrogens with zero attached hydrogens (tertiary/aromatic N) is 1. The van der Waals surface area contributed by atoms with Gasteiger partial charge in [0.1, 0.15) is 5.01 Å². The zero-order valence-corrected chi connectivity index (χ0v) is 13.0. The van der Waals surface area contributed by atoms with Gasteiger partial charge in [0, 0.05) is 22.7 Å². The van der Waals surface area contributed by atoms with E-state index in [-0.39, 0.29) is 0 Å². The van der Waals surface area contributed by atoms with E-state index in [2.05, 4.69) is 48.4 Å². The van der Waals surface area contributed by atoms with Crippen molar-refractivity contribution in [2.75, 3.05) is 6.54 Å². The van der Waals surface area contributed by atoms with Gasteiger partial charge in [-0.15, -0.1) is 11.3 Å². The standard InChI is InChI=1S/C17H22N2S/c1-3-10-18-12(2)16-11-19-17(20-16)15-8-6-14(7-9-15)13-4-5-13/h6-9,11-13,18H,3-5,10H2,1-2H3. The van der Waals surface area contributed by atoms with E-state index in [4.69, 9.17) is 0 Å². The molecule has 0 bridgehead atoms. The Kier molecular flexibility index (Phi) is 4.18. The predicted octanol–water partition coefficient (Wildman–Crippen LogP) is 4.75. The average molecular weight is 286 g/mol. The Bertz CT molecular complexity index is 555. The first kappa shape index (κ1) is 13.8. The Balaban J connectivity index is 1.71. The maximum Gasteiger partial charge on any atom is 0.123 e. The topological polar surface area (TPSA) is 24.9 Å². The summed E-state index contributed by atoms with van der Waals surface area (Å²) in [6.07, 6.45) is 5.91. The highest BCUT2D eigenvalue weighted by atomic mass is 32.1. The van der Waals surface area contributed by atoms with Crippen LogP contribution in [0.1, 0.15) is 55.5 Å². The molecule has 1 aromatic heterocycles. The van der Waals surface area contributed by atoms with Crippen LogP contribution in [0.5, 0.6) is 0 Å². The van der Waals surface area contributed by atoms with E-state index in [1.54, 1.807) is 11.3 Å². The summed E-state index contributed by atoms with van der Waals surface area (Å²) in [5.41, 5.74) is 2.73. The molecular formula is C17H22N2S. The van der Waals surface area contributed by atoms with Crippen LogP contribution in [0.25, 0.3) is 10.6 Å². The largest absolute Gasteiger partial charge is 0.309 e. The zero-order chi connectivity index (χ0) is 13.9. The van der Waals surface area contributed by atoms with Gasteiger partial charge >= 0.3 is 0 Å². The lowest BCUT2D eigenvalue weighted by atomic mass is 10.1. The summed E-state index contributed by atoms with van der Waals surface area (Å²) in [6, 6.07) is 9.38. The van der Waals surface area contributed by atoms with Crippen molar-refractivity contribution in [3.63, 3.8) is 0 Å². The minimum Gasteiger partial charge on any atom is -0.309 e. The highest BCUT2D eigenvalue weighted by Crippen LogP contribution is 2.40. The first-order chi connectivity index (χ1) is 9.78. The fourth-order valence-corrected chi connectivity index (χ4v) is 3.34. The lowest BCUT2D eigenvalue weighted by Crippen LogP contribution is -2.18. The lowest BCUT2D eigenvalue weighted by Gasteiger charge is -2.09. The summed E-state index contributed by atoms with van der Waals surface area (Å²) < 4.78 is 0. The van der Waals surface area contributed by atoms with Crippen molar-refractivity contribution in [1.29, 1.82) is 0 Å². The van der Waals surface area contributed by atoms with Gasteiger partial charge in [-0.1, -0.05) is 31.2 Å². The van der Waals surface area contributed by atoms with E-state index in [1.807, 2.05) is 6.20 Å². The van der Waals surface area contributed by atoms with Crippen LogP contribution in [0.4, 0.5) is 0 Å². The second-order valence-corrected chi connectivity index (χ2v) is 6.70. The summed E-state index contributed by atoms with van der Waals surface area (Å²) >= 11 is 1.80. The molecule has 3 rings (SSSR count). The predicted molar refractivity (Wildman–Crippen MR) is 86.2 cm³/mol. The molecule has 106 valence electrons. The number of aromatic nitrogens is 1. The van der Waals surface area contributed by atoms with E-state index in [9.17, 15) is 0 Å². The first-order valence-corrected chi connectivity index (χ1v) is 8.39. The van der Waals surface area contributed by atoms with Gasteiger partial charge in [0.25, 0.3) is 0 Å². The highest BCUT2D eigenvalue weighted by Gasteiger charge is 2.23. The third kappa shape index (κ3) is 3.10. The molecule has 2 aromatic rings. The molecule has 1 aliphatic rings. The molecule has 1 N–H and O–H groups in total. The molecule has 1 aromatic carbocycles. The third-order valence-corrected chi connectivity index (χ3v) is 5.09. The van der Waals surface area contributed by atoms with Crippen LogP contribution in [0.15, 0.2) is 30.5 Å². The normalized spacial score (nSPS) is 16.3. The Morgan fingerprint density at radius 2 is 2.05 bits per heavy atom. The van der Waals surface area contributed by atoms with Gasteiger partial charge in [-0.3, -0.25) is 0 Å². The average Bonchev–Trinajstić information content (AvgIpc) is 3.22. The van der Waals surface area contributed by atoms with Crippen LogP contribution < -0.4 is 5.32 Å². The summed E-state index contributed by atoms with van der Waals surface area (Å²) in [6.45, 7) is 5.47. The SMILES string of the molecule is CCCNC(C)c1cnc(-c2ccc(C3CC3)cc2)s1. The minimum atomic E-state index is 0.395. The summed E-state index contributed by atoms with van der Waals surface area (Å²) in [4.78, 5) is 5.90. The number of hydrogen-bond donors (Lipinski definition) is 1. The molecule has 1 fully saturated rings. The Labute approximate surface area is 125 Å². The van der Waals surface area contributed by atoms with Gasteiger partial charge in [-0.25, -0.2) is 4.98 Å². The molecule has 1 aliphatic carbocycles. The number of benzene rings is 1. The highest BCUT2D eigenvalue weighted by molar-refractivity contribution is 7.15. The van der Waals surface area contributed by atoms with Gasteiger partial charge < -0.3 is 5.32 Å². The van der Waals surface area contributed by atoms with E-state index in [1.165, 1.54) is 35.3 Å². The molecule has 2 nitrogen and oxygen atoms in total. The summed E-state index contributed by atoms with van der Waals surface area (Å²) in [5, 5.41) is 4.65. The molecule has 0 aliphatic heterocycles. The van der Waals surface area contributed by atoms with Crippen molar-refractivity contribution in [2.45, 2.75) is 45.1 Å². The van der Waals surface area contributed by atoms with Crippen LogP contribution in [-0.2, 0) is 0 Å². The van der Waals surface area contributed by atoms with Gasteiger partial charge in [0.15, 0.2) is 0 Å². The van der Waals surface area contributed by atoms with Crippen LogP contribution in [-0.4, -0.2) is 11.5 Å². The van der Waals surface area contributed by atoms with Crippen molar-refractivity contribution in [3.8, 4) is 10.6 Å². The van der Waals surface area contributed by atoms with E-state index in [0.717, 1.165) is 17.5 Å². The smallest absolute Gasteiger partial charge is 0.123 e. The van der Waals surface area contributed by atoms with Crippen molar-refractivity contribution in [1.82, 2.24) is 10.3 Å². The Morgan fingerprint density at radius 3 is 2.70 bits per heavy atom. The van der Waals surface area contributed by atoms with Gasteiger partial charge in [-0.2, -0.15) is 0 Å². The molecule has 1 unspecified atom stereocenters. The molecule has 1 atom stereocenters. The molecular weight excluding hydrogens is 264 g/mol. The van der Waals surface area contributed by atoms with Gasteiger partial charge in [0.05, 0.1) is 0 Å². The lowest BCUT2D eigenvalue weighted by molar-refractivity contribution is 0.577. The van der Waals surface area contributed by atoms with Crippen LogP contribution in [0, 0.1) is 0 Å². The molecule has 0 radical (unpaired) electrons. The number of nitrogens with one attached hydrogen (secondary N) is 1. The number of rotatable bonds is 6. The van der Waals surface area contributed by atoms with Crippen LogP contribution in [0.3, 0.4) is 0 Å². The van der Waals surface area contributed by atoms with Crippen molar-refractivity contribution >= 4 is 11.3 Å². The molecule has 1 heterocycles. The number of thiazole rings is 1. The van der Waals surface area contributed by atoms with Crippen molar-refractivity contribution in [3.05, 3.63) is 40.9 Å². The van der Waals surface area contributed by atoms with Gasteiger partial charge in [0.2, 0.25) is 0 Å². The van der Waals surface area contributed by atoms with Crippen molar-refractivity contribution < 1.29 is 0 Å².